The van der Waals surface area contributed by atoms with Crippen molar-refractivity contribution in [1.29, 1.82) is 0 Å². The van der Waals surface area contributed by atoms with Crippen LogP contribution in [0.2, 0.25) is 5.02 Å². The first kappa shape index (κ1) is 18.8. The highest BCUT2D eigenvalue weighted by Gasteiger charge is 2.11. The molecule has 0 saturated carbocycles. The SMILES string of the molecule is CCOc1ccccc1OCC(=O)Nc1ccc(OC(F)F)c(Cl)c1. The summed E-state index contributed by atoms with van der Waals surface area (Å²) in [5.41, 5.74) is 0.332. The lowest BCUT2D eigenvalue weighted by Crippen LogP contribution is -2.20. The molecule has 2 aromatic carbocycles. The average Bonchev–Trinajstić information content (AvgIpc) is 2.56. The van der Waals surface area contributed by atoms with Crippen molar-refractivity contribution in [3.63, 3.8) is 0 Å². The molecule has 25 heavy (non-hydrogen) atoms. The molecule has 0 aromatic heterocycles. The fourth-order valence-corrected chi connectivity index (χ4v) is 2.18. The van der Waals surface area contributed by atoms with E-state index >= 15 is 0 Å². The third kappa shape index (κ3) is 5.79. The number of hydrogen-bond acceptors (Lipinski definition) is 4. The lowest BCUT2D eigenvalue weighted by molar-refractivity contribution is -0.118. The molecule has 2 rings (SSSR count). The van der Waals surface area contributed by atoms with Crippen LogP contribution in [0.1, 0.15) is 6.92 Å². The normalized spacial score (nSPS) is 10.4. The molecule has 0 spiro atoms. The Kier molecular flexibility index (Phi) is 6.82. The Bertz CT molecular complexity index is 728. The van der Waals surface area contributed by atoms with Gasteiger partial charge in [0.15, 0.2) is 18.1 Å². The van der Waals surface area contributed by atoms with Gasteiger partial charge >= 0.3 is 6.61 Å². The van der Waals surface area contributed by atoms with Gasteiger partial charge in [-0.15, -0.1) is 0 Å². The smallest absolute Gasteiger partial charge is 0.387 e. The first-order chi connectivity index (χ1) is 12.0. The Hall–Kier alpha value is -2.54. The second-order valence-electron chi connectivity index (χ2n) is 4.74. The van der Waals surface area contributed by atoms with Gasteiger partial charge in [0, 0.05) is 5.69 Å². The van der Waals surface area contributed by atoms with Crippen molar-refractivity contribution in [2.45, 2.75) is 13.5 Å². The number of nitrogens with one attached hydrogen (secondary N) is 1. The maximum absolute atomic E-state index is 12.2. The molecular weight excluding hydrogens is 356 g/mol. The maximum atomic E-state index is 12.2. The number of carbonyl (C=O) groups is 1. The Morgan fingerprint density at radius 3 is 2.40 bits per heavy atom. The molecule has 0 aliphatic carbocycles. The number of benzene rings is 2. The van der Waals surface area contributed by atoms with Gasteiger partial charge in [0.1, 0.15) is 5.75 Å². The summed E-state index contributed by atoms with van der Waals surface area (Å²) in [6.07, 6.45) is 0. The van der Waals surface area contributed by atoms with Crippen LogP contribution in [0.25, 0.3) is 0 Å². The number of anilines is 1. The third-order valence-corrected chi connectivity index (χ3v) is 3.23. The molecule has 0 atom stereocenters. The van der Waals surface area contributed by atoms with Gasteiger partial charge in [-0.2, -0.15) is 8.78 Å². The highest BCUT2D eigenvalue weighted by atomic mass is 35.5. The number of amides is 1. The molecule has 0 aliphatic rings. The van der Waals surface area contributed by atoms with E-state index < -0.39 is 12.5 Å². The van der Waals surface area contributed by atoms with Gasteiger partial charge in [0.2, 0.25) is 0 Å². The van der Waals surface area contributed by atoms with Gasteiger partial charge in [-0.3, -0.25) is 4.79 Å². The first-order valence-electron chi connectivity index (χ1n) is 7.38. The predicted octanol–water partition coefficient (Wildman–Crippen LogP) is 4.36. The van der Waals surface area contributed by atoms with Gasteiger partial charge in [-0.05, 0) is 37.3 Å². The minimum absolute atomic E-state index is 0.0410. The van der Waals surface area contributed by atoms with E-state index in [4.69, 9.17) is 21.1 Å². The van der Waals surface area contributed by atoms with E-state index in [1.54, 1.807) is 24.3 Å². The van der Waals surface area contributed by atoms with Gasteiger partial charge in [-0.25, -0.2) is 0 Å². The summed E-state index contributed by atoms with van der Waals surface area (Å²) in [5, 5.41) is 2.51. The molecule has 0 saturated heterocycles. The quantitative estimate of drug-likeness (QED) is 0.749. The number of ether oxygens (including phenoxy) is 3. The Balaban J connectivity index is 1.93. The molecular formula is C17H16ClF2NO4. The van der Waals surface area contributed by atoms with Gasteiger partial charge < -0.3 is 19.5 Å². The fraction of sp³-hybridized carbons (Fsp3) is 0.235. The largest absolute Gasteiger partial charge is 0.490 e. The van der Waals surface area contributed by atoms with Crippen LogP contribution in [0, 0.1) is 0 Å². The van der Waals surface area contributed by atoms with Crippen molar-refractivity contribution in [2.75, 3.05) is 18.5 Å². The molecule has 5 nitrogen and oxygen atoms in total. The summed E-state index contributed by atoms with van der Waals surface area (Å²) < 4.78 is 39.4. The Morgan fingerprint density at radius 1 is 1.12 bits per heavy atom. The zero-order chi connectivity index (χ0) is 18.2. The molecule has 2 aromatic rings. The topological polar surface area (TPSA) is 56.8 Å². The van der Waals surface area contributed by atoms with Crippen LogP contribution in [0.4, 0.5) is 14.5 Å². The fourth-order valence-electron chi connectivity index (χ4n) is 1.95. The molecule has 1 N–H and O–H groups in total. The molecule has 8 heteroatoms. The number of halogens is 3. The van der Waals surface area contributed by atoms with Crippen LogP contribution >= 0.6 is 11.6 Å². The number of para-hydroxylation sites is 2. The Morgan fingerprint density at radius 2 is 1.80 bits per heavy atom. The molecule has 0 bridgehead atoms. The lowest BCUT2D eigenvalue weighted by atomic mass is 10.3. The minimum Gasteiger partial charge on any atom is -0.490 e. The highest BCUT2D eigenvalue weighted by Crippen LogP contribution is 2.29. The van der Waals surface area contributed by atoms with Crippen LogP contribution in [-0.2, 0) is 4.79 Å². The van der Waals surface area contributed by atoms with Crippen LogP contribution in [0.5, 0.6) is 17.2 Å². The van der Waals surface area contributed by atoms with E-state index in [9.17, 15) is 13.6 Å². The van der Waals surface area contributed by atoms with Crippen molar-refractivity contribution >= 4 is 23.2 Å². The summed E-state index contributed by atoms with van der Waals surface area (Å²) in [4.78, 5) is 12.0. The second kappa shape index (κ2) is 9.08. The van der Waals surface area contributed by atoms with Crippen molar-refractivity contribution < 1.29 is 27.8 Å². The van der Waals surface area contributed by atoms with Crippen LogP contribution in [0.15, 0.2) is 42.5 Å². The van der Waals surface area contributed by atoms with Crippen molar-refractivity contribution in [3.05, 3.63) is 47.5 Å². The van der Waals surface area contributed by atoms with E-state index in [2.05, 4.69) is 10.1 Å². The zero-order valence-corrected chi connectivity index (χ0v) is 14.1. The van der Waals surface area contributed by atoms with Crippen molar-refractivity contribution in [2.24, 2.45) is 0 Å². The lowest BCUT2D eigenvalue weighted by Gasteiger charge is -2.12. The number of hydrogen-bond donors (Lipinski definition) is 1. The van der Waals surface area contributed by atoms with E-state index in [1.807, 2.05) is 6.92 Å². The second-order valence-corrected chi connectivity index (χ2v) is 5.15. The van der Waals surface area contributed by atoms with Crippen LogP contribution < -0.4 is 19.5 Å². The summed E-state index contributed by atoms with van der Waals surface area (Å²) >= 11 is 5.83. The zero-order valence-electron chi connectivity index (χ0n) is 13.3. The maximum Gasteiger partial charge on any atom is 0.387 e. The average molecular weight is 372 g/mol. The van der Waals surface area contributed by atoms with E-state index in [0.717, 1.165) is 0 Å². The summed E-state index contributed by atoms with van der Waals surface area (Å²) in [6, 6.07) is 10.9. The first-order valence-corrected chi connectivity index (χ1v) is 7.76. The number of rotatable bonds is 8. The Labute approximate surface area is 148 Å². The molecule has 134 valence electrons. The molecule has 0 radical (unpaired) electrons. The standard InChI is InChI=1S/C17H16ClF2NO4/c1-2-23-14-5-3-4-6-15(14)24-10-16(22)21-11-7-8-13(12(18)9-11)25-17(19)20/h3-9,17H,2,10H2,1H3,(H,21,22). The van der Waals surface area contributed by atoms with E-state index in [-0.39, 0.29) is 17.4 Å². The monoisotopic (exact) mass is 371 g/mol. The van der Waals surface area contributed by atoms with Gasteiger partial charge in [0.05, 0.1) is 11.6 Å². The molecule has 0 fully saturated rings. The summed E-state index contributed by atoms with van der Waals surface area (Å²) in [5.74, 6) is 0.369. The number of alkyl halides is 2. The van der Waals surface area contributed by atoms with Crippen molar-refractivity contribution in [1.82, 2.24) is 0 Å². The summed E-state index contributed by atoms with van der Waals surface area (Å²) in [7, 11) is 0. The van der Waals surface area contributed by atoms with E-state index in [1.165, 1.54) is 18.2 Å². The van der Waals surface area contributed by atoms with Crippen LogP contribution in [0.3, 0.4) is 0 Å². The predicted molar refractivity (Wildman–Crippen MR) is 89.8 cm³/mol. The molecule has 0 aliphatic heterocycles. The van der Waals surface area contributed by atoms with E-state index in [0.29, 0.717) is 23.8 Å². The third-order valence-electron chi connectivity index (χ3n) is 2.94. The summed E-state index contributed by atoms with van der Waals surface area (Å²) in [6.45, 7) is -0.916. The van der Waals surface area contributed by atoms with Gasteiger partial charge in [0.25, 0.3) is 5.91 Å². The minimum atomic E-state index is -2.98. The molecule has 0 unspecified atom stereocenters. The molecule has 0 heterocycles. The van der Waals surface area contributed by atoms with Crippen LogP contribution in [-0.4, -0.2) is 25.7 Å². The van der Waals surface area contributed by atoms with Crippen molar-refractivity contribution in [3.8, 4) is 17.2 Å². The highest BCUT2D eigenvalue weighted by molar-refractivity contribution is 6.32. The van der Waals surface area contributed by atoms with Gasteiger partial charge in [-0.1, -0.05) is 23.7 Å². The number of carbonyl (C=O) groups excluding carboxylic acids is 1. The molecule has 1 amide bonds.